The van der Waals surface area contributed by atoms with Crippen LogP contribution in [0.1, 0.15) is 53.4 Å². The first-order chi connectivity index (χ1) is 7.27. The highest BCUT2D eigenvalue weighted by Crippen LogP contribution is 2.24. The Morgan fingerprint density at radius 3 is 2.12 bits per heavy atom. The minimum atomic E-state index is -3.02. The fourth-order valence-corrected chi connectivity index (χ4v) is 2.52. The zero-order chi connectivity index (χ0) is 12.8. The standard InChI is InChI=1S/C12H27NO2S/c1-6-8-9-10-11(13-7-2)12(3,4)16(5,14)15/h11,13H,6-10H2,1-5H3. The van der Waals surface area contributed by atoms with Crippen LogP contribution < -0.4 is 5.32 Å². The smallest absolute Gasteiger partial charge is 0.154 e. The second kappa shape index (κ2) is 6.60. The number of hydrogen-bond acceptors (Lipinski definition) is 3. The van der Waals surface area contributed by atoms with Crippen LogP contribution in [0.15, 0.2) is 0 Å². The Bertz CT molecular complexity index is 283. The van der Waals surface area contributed by atoms with E-state index in [1.807, 2.05) is 20.8 Å². The van der Waals surface area contributed by atoms with Crippen molar-refractivity contribution in [3.63, 3.8) is 0 Å². The maximum atomic E-state index is 11.8. The first-order valence-electron chi connectivity index (χ1n) is 6.20. The van der Waals surface area contributed by atoms with Crippen LogP contribution in [0.2, 0.25) is 0 Å². The molecule has 4 heteroatoms. The Labute approximate surface area is 101 Å². The Hall–Kier alpha value is -0.0900. The predicted molar refractivity (Wildman–Crippen MR) is 70.5 cm³/mol. The van der Waals surface area contributed by atoms with Crippen LogP contribution in [0.25, 0.3) is 0 Å². The van der Waals surface area contributed by atoms with Crippen molar-refractivity contribution >= 4 is 9.84 Å². The highest BCUT2D eigenvalue weighted by molar-refractivity contribution is 7.92. The zero-order valence-electron chi connectivity index (χ0n) is 11.3. The van der Waals surface area contributed by atoms with E-state index in [4.69, 9.17) is 0 Å². The first kappa shape index (κ1) is 15.9. The fourth-order valence-electron chi connectivity index (χ4n) is 1.80. The largest absolute Gasteiger partial charge is 0.313 e. The van der Waals surface area contributed by atoms with E-state index in [9.17, 15) is 8.42 Å². The molecule has 0 radical (unpaired) electrons. The van der Waals surface area contributed by atoms with E-state index >= 15 is 0 Å². The Balaban J connectivity index is 4.63. The highest BCUT2D eigenvalue weighted by atomic mass is 32.2. The van der Waals surface area contributed by atoms with E-state index in [1.165, 1.54) is 12.7 Å². The molecule has 0 bridgehead atoms. The van der Waals surface area contributed by atoms with Gasteiger partial charge in [-0.3, -0.25) is 0 Å². The predicted octanol–water partition coefficient (Wildman–Crippen LogP) is 2.37. The van der Waals surface area contributed by atoms with Crippen LogP contribution in [-0.2, 0) is 9.84 Å². The van der Waals surface area contributed by atoms with Crippen molar-refractivity contribution < 1.29 is 8.42 Å². The van der Waals surface area contributed by atoms with Gasteiger partial charge < -0.3 is 5.32 Å². The van der Waals surface area contributed by atoms with Gasteiger partial charge in [-0.05, 0) is 26.8 Å². The molecule has 0 aromatic carbocycles. The second-order valence-electron chi connectivity index (χ2n) is 4.98. The van der Waals surface area contributed by atoms with Crippen molar-refractivity contribution in [3.8, 4) is 0 Å². The van der Waals surface area contributed by atoms with Gasteiger partial charge in [0.25, 0.3) is 0 Å². The Kier molecular flexibility index (Phi) is 6.56. The molecule has 0 amide bonds. The third kappa shape index (κ3) is 4.42. The van der Waals surface area contributed by atoms with Crippen molar-refractivity contribution in [2.45, 2.75) is 64.2 Å². The van der Waals surface area contributed by atoms with E-state index in [0.29, 0.717) is 0 Å². The lowest BCUT2D eigenvalue weighted by Gasteiger charge is -2.33. The molecule has 0 heterocycles. The minimum Gasteiger partial charge on any atom is -0.313 e. The molecule has 1 unspecified atom stereocenters. The quantitative estimate of drug-likeness (QED) is 0.672. The number of unbranched alkanes of at least 4 members (excludes halogenated alkanes) is 2. The molecule has 0 aliphatic rings. The average molecular weight is 249 g/mol. The molecule has 0 saturated carbocycles. The van der Waals surface area contributed by atoms with Gasteiger partial charge in [-0.15, -0.1) is 0 Å². The van der Waals surface area contributed by atoms with Gasteiger partial charge in [0.2, 0.25) is 0 Å². The molecule has 1 N–H and O–H groups in total. The molecular weight excluding hydrogens is 222 g/mol. The minimum absolute atomic E-state index is 0.0547. The summed E-state index contributed by atoms with van der Waals surface area (Å²) in [5.41, 5.74) is 0. The molecule has 98 valence electrons. The van der Waals surface area contributed by atoms with E-state index in [0.717, 1.165) is 25.8 Å². The molecule has 0 aromatic rings. The van der Waals surface area contributed by atoms with Gasteiger partial charge in [0.05, 0.1) is 4.75 Å². The van der Waals surface area contributed by atoms with Gasteiger partial charge in [-0.2, -0.15) is 0 Å². The number of rotatable bonds is 8. The van der Waals surface area contributed by atoms with E-state index < -0.39 is 14.6 Å². The average Bonchev–Trinajstić information content (AvgIpc) is 2.15. The molecule has 0 aromatic heterocycles. The summed E-state index contributed by atoms with van der Waals surface area (Å²) in [6.45, 7) is 8.63. The summed E-state index contributed by atoms with van der Waals surface area (Å²) in [5, 5.41) is 3.31. The van der Waals surface area contributed by atoms with Crippen LogP contribution in [0.5, 0.6) is 0 Å². The van der Waals surface area contributed by atoms with Crippen LogP contribution in [0.4, 0.5) is 0 Å². The van der Waals surface area contributed by atoms with Crippen LogP contribution in [-0.4, -0.2) is 32.0 Å². The lowest BCUT2D eigenvalue weighted by molar-refractivity contribution is 0.383. The van der Waals surface area contributed by atoms with Gasteiger partial charge in [-0.25, -0.2) is 8.42 Å². The zero-order valence-corrected chi connectivity index (χ0v) is 12.2. The van der Waals surface area contributed by atoms with Crippen molar-refractivity contribution in [1.82, 2.24) is 5.32 Å². The molecule has 16 heavy (non-hydrogen) atoms. The molecule has 0 saturated heterocycles. The van der Waals surface area contributed by atoms with Gasteiger partial charge in [0, 0.05) is 12.3 Å². The third-order valence-electron chi connectivity index (χ3n) is 3.34. The van der Waals surface area contributed by atoms with E-state index in [-0.39, 0.29) is 6.04 Å². The number of sulfone groups is 1. The molecule has 0 aliphatic heterocycles. The Morgan fingerprint density at radius 2 is 1.75 bits per heavy atom. The van der Waals surface area contributed by atoms with Gasteiger partial charge in [0.1, 0.15) is 0 Å². The van der Waals surface area contributed by atoms with Crippen molar-refractivity contribution in [3.05, 3.63) is 0 Å². The summed E-state index contributed by atoms with van der Waals surface area (Å²) >= 11 is 0. The lowest BCUT2D eigenvalue weighted by atomic mass is 9.97. The van der Waals surface area contributed by atoms with Gasteiger partial charge in [-0.1, -0.05) is 33.1 Å². The maximum Gasteiger partial charge on any atom is 0.154 e. The molecule has 0 fully saturated rings. The fraction of sp³-hybridized carbons (Fsp3) is 1.00. The van der Waals surface area contributed by atoms with Gasteiger partial charge >= 0.3 is 0 Å². The second-order valence-corrected chi connectivity index (χ2v) is 7.58. The lowest BCUT2D eigenvalue weighted by Crippen LogP contribution is -2.51. The summed E-state index contributed by atoms with van der Waals surface area (Å²) in [5.74, 6) is 0. The molecule has 0 aliphatic carbocycles. The highest BCUT2D eigenvalue weighted by Gasteiger charge is 2.37. The summed E-state index contributed by atoms with van der Waals surface area (Å²) in [6.07, 6.45) is 5.69. The van der Waals surface area contributed by atoms with Crippen LogP contribution in [0.3, 0.4) is 0 Å². The maximum absolute atomic E-state index is 11.8. The van der Waals surface area contributed by atoms with Crippen molar-refractivity contribution in [1.29, 1.82) is 0 Å². The molecule has 0 rings (SSSR count). The number of nitrogens with one attached hydrogen (secondary N) is 1. The van der Waals surface area contributed by atoms with Crippen molar-refractivity contribution in [2.75, 3.05) is 12.8 Å². The van der Waals surface area contributed by atoms with Gasteiger partial charge in [0.15, 0.2) is 9.84 Å². The van der Waals surface area contributed by atoms with Crippen molar-refractivity contribution in [2.24, 2.45) is 0 Å². The third-order valence-corrected chi connectivity index (χ3v) is 5.54. The molecule has 1 atom stereocenters. The number of hydrogen-bond donors (Lipinski definition) is 1. The van der Waals surface area contributed by atoms with Crippen LogP contribution in [0, 0.1) is 0 Å². The first-order valence-corrected chi connectivity index (χ1v) is 8.09. The topological polar surface area (TPSA) is 46.2 Å². The summed E-state index contributed by atoms with van der Waals surface area (Å²) in [6, 6.07) is 0.0547. The molecule has 0 spiro atoms. The molecule has 3 nitrogen and oxygen atoms in total. The SMILES string of the molecule is CCCCCC(NCC)C(C)(C)S(C)(=O)=O. The monoisotopic (exact) mass is 249 g/mol. The van der Waals surface area contributed by atoms with E-state index in [1.54, 1.807) is 0 Å². The summed E-state index contributed by atoms with van der Waals surface area (Å²) < 4.78 is 22.8. The Morgan fingerprint density at radius 1 is 1.19 bits per heavy atom. The molecular formula is C12H27NO2S. The normalized spacial score (nSPS) is 15.1. The summed E-state index contributed by atoms with van der Waals surface area (Å²) in [7, 11) is -3.02. The van der Waals surface area contributed by atoms with Crippen LogP contribution >= 0.6 is 0 Å². The van der Waals surface area contributed by atoms with E-state index in [2.05, 4.69) is 12.2 Å². The summed E-state index contributed by atoms with van der Waals surface area (Å²) in [4.78, 5) is 0.